The van der Waals surface area contributed by atoms with Gasteiger partial charge in [0.15, 0.2) is 0 Å². The van der Waals surface area contributed by atoms with E-state index in [0.29, 0.717) is 16.7 Å². The Labute approximate surface area is 144 Å². The Morgan fingerprint density at radius 1 is 1.21 bits per heavy atom. The van der Waals surface area contributed by atoms with Crippen LogP contribution >= 0.6 is 15.9 Å². The van der Waals surface area contributed by atoms with Crippen LogP contribution in [0.2, 0.25) is 0 Å². The number of nitrogens with zero attached hydrogens (tertiary/aromatic N) is 1. The standard InChI is InChI=1S/C16H13BrF3NO3/c1-2-21-12(8-14(22)23)11(17)7-13(21)15(24)9-3-5-10(6-4-9)16(18,19)20/h3-7H,2,8H2,1H3,(H,22,23). The number of carboxylic acid groups (broad SMARTS) is 1. The number of rotatable bonds is 5. The zero-order valence-corrected chi connectivity index (χ0v) is 14.1. The number of alkyl halides is 3. The quantitative estimate of drug-likeness (QED) is 0.762. The van der Waals surface area contributed by atoms with Crippen LogP contribution in [-0.2, 0) is 23.9 Å². The molecule has 0 amide bonds. The van der Waals surface area contributed by atoms with Gasteiger partial charge in [0.25, 0.3) is 0 Å². The van der Waals surface area contributed by atoms with Crippen molar-refractivity contribution in [3.05, 3.63) is 57.3 Å². The number of aromatic nitrogens is 1. The first kappa shape index (κ1) is 18.3. The molecule has 1 N–H and O–H groups in total. The van der Waals surface area contributed by atoms with Gasteiger partial charge in [0, 0.05) is 22.3 Å². The molecule has 8 heteroatoms. The van der Waals surface area contributed by atoms with Crippen molar-refractivity contribution in [2.24, 2.45) is 0 Å². The molecule has 4 nitrogen and oxygen atoms in total. The number of carbonyl (C=O) groups is 2. The van der Waals surface area contributed by atoms with Crippen LogP contribution in [0.4, 0.5) is 13.2 Å². The number of benzene rings is 1. The summed E-state index contributed by atoms with van der Waals surface area (Å²) in [5.41, 5.74) is -0.0807. The molecule has 0 aliphatic heterocycles. The minimum Gasteiger partial charge on any atom is -0.481 e. The summed E-state index contributed by atoms with van der Waals surface area (Å²) in [5, 5.41) is 8.96. The predicted octanol–water partition coefficient (Wildman–Crippen LogP) is 4.15. The van der Waals surface area contributed by atoms with Crippen LogP contribution in [0, 0.1) is 0 Å². The highest BCUT2D eigenvalue weighted by atomic mass is 79.9. The third-order valence-corrected chi connectivity index (χ3v) is 4.18. The normalized spacial score (nSPS) is 11.5. The number of carboxylic acids is 1. The van der Waals surface area contributed by atoms with Gasteiger partial charge >= 0.3 is 12.1 Å². The predicted molar refractivity (Wildman–Crippen MR) is 84.0 cm³/mol. The van der Waals surface area contributed by atoms with Gasteiger partial charge in [-0.2, -0.15) is 13.2 Å². The minimum absolute atomic E-state index is 0.101. The zero-order chi connectivity index (χ0) is 18.1. The fraction of sp³-hybridized carbons (Fsp3) is 0.250. The molecular weight excluding hydrogens is 391 g/mol. The van der Waals surface area contributed by atoms with E-state index in [1.807, 2.05) is 0 Å². The highest BCUT2D eigenvalue weighted by Gasteiger charge is 2.30. The summed E-state index contributed by atoms with van der Waals surface area (Å²) < 4.78 is 39.8. The maximum absolute atomic E-state index is 12.6. The highest BCUT2D eigenvalue weighted by molar-refractivity contribution is 9.10. The lowest BCUT2D eigenvalue weighted by Crippen LogP contribution is -2.14. The second-order valence-electron chi connectivity index (χ2n) is 5.04. The van der Waals surface area contributed by atoms with Crippen LogP contribution < -0.4 is 0 Å². The molecule has 1 aromatic heterocycles. The molecule has 0 fully saturated rings. The van der Waals surface area contributed by atoms with Crippen molar-refractivity contribution in [1.29, 1.82) is 0 Å². The average molecular weight is 404 g/mol. The van der Waals surface area contributed by atoms with Crippen LogP contribution in [0.15, 0.2) is 34.8 Å². The van der Waals surface area contributed by atoms with Crippen LogP contribution in [0.3, 0.4) is 0 Å². The number of aliphatic carboxylic acids is 1. The number of hydrogen-bond donors (Lipinski definition) is 1. The second-order valence-corrected chi connectivity index (χ2v) is 5.90. The molecule has 1 heterocycles. The summed E-state index contributed by atoms with van der Waals surface area (Å²) >= 11 is 3.23. The summed E-state index contributed by atoms with van der Waals surface area (Å²) in [6.07, 6.45) is -4.74. The minimum atomic E-state index is -4.47. The molecule has 2 aromatic rings. The molecule has 0 radical (unpaired) electrons. The van der Waals surface area contributed by atoms with Crippen molar-refractivity contribution in [1.82, 2.24) is 4.57 Å². The number of hydrogen-bond acceptors (Lipinski definition) is 2. The van der Waals surface area contributed by atoms with E-state index in [1.54, 1.807) is 6.92 Å². The van der Waals surface area contributed by atoms with Crippen LogP contribution in [-0.4, -0.2) is 21.4 Å². The summed E-state index contributed by atoms with van der Waals surface area (Å²) in [7, 11) is 0. The van der Waals surface area contributed by atoms with E-state index >= 15 is 0 Å². The second kappa shape index (κ2) is 6.80. The lowest BCUT2D eigenvalue weighted by atomic mass is 10.1. The Kier molecular flexibility index (Phi) is 5.17. The maximum Gasteiger partial charge on any atom is 0.416 e. The number of halogens is 4. The molecule has 0 aliphatic rings. The van der Waals surface area contributed by atoms with Crippen molar-refractivity contribution >= 4 is 27.7 Å². The molecule has 0 saturated carbocycles. The van der Waals surface area contributed by atoms with Gasteiger partial charge in [0.05, 0.1) is 17.7 Å². The zero-order valence-electron chi connectivity index (χ0n) is 12.5. The molecule has 0 atom stereocenters. The van der Waals surface area contributed by atoms with Gasteiger partial charge in [0.2, 0.25) is 5.78 Å². The third kappa shape index (κ3) is 3.69. The Morgan fingerprint density at radius 3 is 2.25 bits per heavy atom. The lowest BCUT2D eigenvalue weighted by molar-refractivity contribution is -0.138. The first-order valence-corrected chi connectivity index (χ1v) is 7.76. The van der Waals surface area contributed by atoms with E-state index < -0.39 is 23.5 Å². The van der Waals surface area contributed by atoms with Crippen LogP contribution in [0.1, 0.15) is 34.2 Å². The molecule has 0 spiro atoms. The Hall–Kier alpha value is -2.09. The fourth-order valence-electron chi connectivity index (χ4n) is 2.39. The Balaban J connectivity index is 2.41. The van der Waals surface area contributed by atoms with Gasteiger partial charge in [0.1, 0.15) is 0 Å². The van der Waals surface area contributed by atoms with Gasteiger partial charge in [-0.1, -0.05) is 12.1 Å². The van der Waals surface area contributed by atoms with Gasteiger partial charge in [-0.3, -0.25) is 9.59 Å². The molecule has 0 aliphatic carbocycles. The van der Waals surface area contributed by atoms with Crippen LogP contribution in [0.5, 0.6) is 0 Å². The van der Waals surface area contributed by atoms with Crippen molar-refractivity contribution in [3.8, 4) is 0 Å². The summed E-state index contributed by atoms with van der Waals surface area (Å²) in [6.45, 7) is 2.11. The van der Waals surface area contributed by atoms with Crippen molar-refractivity contribution in [3.63, 3.8) is 0 Å². The number of ketones is 1. The summed E-state index contributed by atoms with van der Waals surface area (Å²) in [6, 6.07) is 5.41. The molecule has 0 bridgehead atoms. The van der Waals surface area contributed by atoms with E-state index in [-0.39, 0.29) is 17.7 Å². The first-order valence-electron chi connectivity index (χ1n) is 6.96. The van der Waals surface area contributed by atoms with Gasteiger partial charge in [-0.15, -0.1) is 0 Å². The monoisotopic (exact) mass is 403 g/mol. The van der Waals surface area contributed by atoms with E-state index in [2.05, 4.69) is 15.9 Å². The van der Waals surface area contributed by atoms with Crippen molar-refractivity contribution in [2.75, 3.05) is 0 Å². The van der Waals surface area contributed by atoms with Gasteiger partial charge in [-0.25, -0.2) is 0 Å². The van der Waals surface area contributed by atoms with E-state index in [0.717, 1.165) is 24.3 Å². The highest BCUT2D eigenvalue weighted by Crippen LogP contribution is 2.30. The SMILES string of the molecule is CCn1c(C(=O)c2ccc(C(F)(F)F)cc2)cc(Br)c1CC(=O)O. The van der Waals surface area contributed by atoms with Crippen molar-refractivity contribution in [2.45, 2.75) is 26.1 Å². The molecule has 128 valence electrons. The number of carbonyl (C=O) groups excluding carboxylic acids is 1. The summed E-state index contributed by atoms with van der Waals surface area (Å²) in [4.78, 5) is 23.5. The Morgan fingerprint density at radius 2 is 1.79 bits per heavy atom. The topological polar surface area (TPSA) is 59.3 Å². The molecule has 2 rings (SSSR count). The lowest BCUT2D eigenvalue weighted by Gasteiger charge is -2.10. The molecule has 0 saturated heterocycles. The average Bonchev–Trinajstić information content (AvgIpc) is 2.81. The maximum atomic E-state index is 12.6. The van der Waals surface area contributed by atoms with Gasteiger partial charge in [-0.05, 0) is 41.1 Å². The smallest absolute Gasteiger partial charge is 0.416 e. The Bertz CT molecular complexity index is 779. The van der Waals surface area contributed by atoms with E-state index in [1.165, 1.54) is 10.6 Å². The fourth-order valence-corrected chi connectivity index (χ4v) is 2.96. The molecular formula is C16H13BrF3NO3. The van der Waals surface area contributed by atoms with E-state index in [4.69, 9.17) is 5.11 Å². The molecule has 1 aromatic carbocycles. The van der Waals surface area contributed by atoms with Crippen LogP contribution in [0.25, 0.3) is 0 Å². The summed E-state index contributed by atoms with van der Waals surface area (Å²) in [5.74, 6) is -1.51. The van der Waals surface area contributed by atoms with E-state index in [9.17, 15) is 22.8 Å². The third-order valence-electron chi connectivity index (χ3n) is 3.50. The van der Waals surface area contributed by atoms with Gasteiger partial charge < -0.3 is 9.67 Å². The van der Waals surface area contributed by atoms with Crippen molar-refractivity contribution < 1.29 is 27.9 Å². The molecule has 24 heavy (non-hydrogen) atoms. The first-order chi connectivity index (χ1) is 11.1. The molecule has 0 unspecified atom stereocenters. The largest absolute Gasteiger partial charge is 0.481 e.